The van der Waals surface area contributed by atoms with Crippen LogP contribution in [0.2, 0.25) is 5.02 Å². The van der Waals surface area contributed by atoms with Crippen molar-refractivity contribution < 1.29 is 14.6 Å². The zero-order valence-corrected chi connectivity index (χ0v) is 14.6. The fraction of sp³-hybridized carbons (Fsp3) is 0.158. The topological polar surface area (TPSA) is 64.3 Å². The van der Waals surface area contributed by atoms with Gasteiger partial charge in [-0.2, -0.15) is 5.10 Å². The molecule has 25 heavy (non-hydrogen) atoms. The summed E-state index contributed by atoms with van der Waals surface area (Å²) in [7, 11) is 1.60. The lowest BCUT2D eigenvalue weighted by Gasteiger charge is -2.07. The van der Waals surface area contributed by atoms with Gasteiger partial charge in [-0.15, -0.1) is 0 Å². The van der Waals surface area contributed by atoms with Crippen LogP contribution < -0.4 is 4.74 Å². The highest BCUT2D eigenvalue weighted by atomic mass is 35.5. The van der Waals surface area contributed by atoms with E-state index in [1.807, 2.05) is 31.2 Å². The van der Waals surface area contributed by atoms with Crippen LogP contribution in [-0.2, 0) is 6.42 Å². The van der Waals surface area contributed by atoms with E-state index in [-0.39, 0.29) is 5.56 Å². The molecule has 0 radical (unpaired) electrons. The highest BCUT2D eigenvalue weighted by molar-refractivity contribution is 6.30. The van der Waals surface area contributed by atoms with E-state index in [1.54, 1.807) is 36.1 Å². The molecule has 0 aliphatic heterocycles. The maximum absolute atomic E-state index is 11.9. The van der Waals surface area contributed by atoms with E-state index in [0.29, 0.717) is 28.4 Å². The second kappa shape index (κ2) is 6.99. The van der Waals surface area contributed by atoms with Gasteiger partial charge in [-0.25, -0.2) is 9.48 Å². The zero-order chi connectivity index (χ0) is 18.0. The van der Waals surface area contributed by atoms with Gasteiger partial charge in [0, 0.05) is 10.6 Å². The summed E-state index contributed by atoms with van der Waals surface area (Å²) >= 11 is 5.94. The highest BCUT2D eigenvalue weighted by Crippen LogP contribution is 2.29. The van der Waals surface area contributed by atoms with Gasteiger partial charge in [-0.3, -0.25) is 0 Å². The smallest absolute Gasteiger partial charge is 0.339 e. The number of ether oxygens (including phenoxy) is 1. The van der Waals surface area contributed by atoms with Gasteiger partial charge in [0.05, 0.1) is 18.5 Å². The molecule has 0 amide bonds. The molecule has 1 N–H and O–H groups in total. The maximum atomic E-state index is 11.9. The van der Waals surface area contributed by atoms with Gasteiger partial charge in [-0.1, -0.05) is 30.7 Å². The van der Waals surface area contributed by atoms with Gasteiger partial charge in [0.2, 0.25) is 0 Å². The molecule has 2 aromatic carbocycles. The van der Waals surface area contributed by atoms with Crippen molar-refractivity contribution in [1.82, 2.24) is 9.78 Å². The minimum atomic E-state index is -0.999. The number of aromatic carboxylic acids is 1. The Morgan fingerprint density at radius 3 is 2.32 bits per heavy atom. The minimum absolute atomic E-state index is 0.209. The first-order chi connectivity index (χ1) is 12.0. The largest absolute Gasteiger partial charge is 0.497 e. The molecule has 0 aliphatic carbocycles. The Bertz CT molecular complexity index is 900. The SMILES string of the molecule is CCc1c(C(=O)O)c(-c2ccc(Cl)cc2)nn1-c1ccc(OC)cc1. The molecular formula is C19H17ClN2O3. The van der Waals surface area contributed by atoms with Gasteiger partial charge >= 0.3 is 5.97 Å². The Morgan fingerprint density at radius 1 is 1.16 bits per heavy atom. The van der Waals surface area contributed by atoms with Gasteiger partial charge in [0.25, 0.3) is 0 Å². The molecule has 0 bridgehead atoms. The predicted molar refractivity (Wildman–Crippen MR) is 96.9 cm³/mol. The molecule has 0 saturated heterocycles. The van der Waals surface area contributed by atoms with Crippen LogP contribution in [0.25, 0.3) is 16.9 Å². The number of carboxylic acids is 1. The predicted octanol–water partition coefficient (Wildman–Crippen LogP) is 4.46. The van der Waals surface area contributed by atoms with E-state index in [0.717, 1.165) is 11.4 Å². The van der Waals surface area contributed by atoms with Gasteiger partial charge in [-0.05, 0) is 42.8 Å². The Morgan fingerprint density at radius 2 is 1.80 bits per heavy atom. The standard InChI is InChI=1S/C19H17ClN2O3/c1-3-16-17(19(23)24)18(12-4-6-13(20)7-5-12)21-22(16)14-8-10-15(25-2)11-9-14/h4-11H,3H2,1-2H3,(H,23,24). The third-order valence-electron chi connectivity index (χ3n) is 3.96. The van der Waals surface area contributed by atoms with Crippen molar-refractivity contribution in [1.29, 1.82) is 0 Å². The lowest BCUT2D eigenvalue weighted by atomic mass is 10.0. The summed E-state index contributed by atoms with van der Waals surface area (Å²) in [6.45, 7) is 1.91. The third kappa shape index (κ3) is 3.23. The molecule has 0 spiro atoms. The summed E-state index contributed by atoms with van der Waals surface area (Å²) < 4.78 is 6.85. The third-order valence-corrected chi connectivity index (χ3v) is 4.22. The first-order valence-corrected chi connectivity index (χ1v) is 8.18. The number of benzene rings is 2. The monoisotopic (exact) mass is 356 g/mol. The number of hydrogen-bond acceptors (Lipinski definition) is 3. The molecule has 0 fully saturated rings. The number of hydrogen-bond donors (Lipinski definition) is 1. The lowest BCUT2D eigenvalue weighted by molar-refractivity contribution is 0.0696. The van der Waals surface area contributed by atoms with Gasteiger partial charge in [0.15, 0.2) is 0 Å². The lowest BCUT2D eigenvalue weighted by Crippen LogP contribution is -2.05. The summed E-state index contributed by atoms with van der Waals surface area (Å²) in [6.07, 6.45) is 0.536. The average molecular weight is 357 g/mol. The Labute approximate surface area is 150 Å². The highest BCUT2D eigenvalue weighted by Gasteiger charge is 2.24. The first-order valence-electron chi connectivity index (χ1n) is 7.80. The molecule has 128 valence electrons. The quantitative estimate of drug-likeness (QED) is 0.733. The Hall–Kier alpha value is -2.79. The minimum Gasteiger partial charge on any atom is -0.497 e. The van der Waals surface area contributed by atoms with E-state index < -0.39 is 5.97 Å². The molecule has 3 rings (SSSR count). The fourth-order valence-electron chi connectivity index (χ4n) is 2.75. The van der Waals surface area contributed by atoms with Crippen molar-refractivity contribution >= 4 is 17.6 Å². The van der Waals surface area contributed by atoms with E-state index in [2.05, 4.69) is 5.10 Å². The number of methoxy groups -OCH3 is 1. The molecule has 5 nitrogen and oxygen atoms in total. The van der Waals surface area contributed by atoms with Crippen LogP contribution in [0.1, 0.15) is 23.0 Å². The van der Waals surface area contributed by atoms with Gasteiger partial charge in [0.1, 0.15) is 17.0 Å². The molecule has 1 aromatic heterocycles. The van der Waals surface area contributed by atoms with Crippen LogP contribution in [0, 0.1) is 0 Å². The van der Waals surface area contributed by atoms with E-state index >= 15 is 0 Å². The van der Waals surface area contributed by atoms with Gasteiger partial charge < -0.3 is 9.84 Å². The molecule has 0 atom stereocenters. The van der Waals surface area contributed by atoms with Crippen molar-refractivity contribution in [3.05, 3.63) is 64.8 Å². The number of rotatable bonds is 5. The number of nitrogens with zero attached hydrogens (tertiary/aromatic N) is 2. The molecule has 0 aliphatic rings. The Kier molecular flexibility index (Phi) is 4.76. The van der Waals surface area contributed by atoms with Crippen LogP contribution in [0.15, 0.2) is 48.5 Å². The Balaban J connectivity index is 2.20. The second-order valence-corrected chi connectivity index (χ2v) is 5.88. The van der Waals surface area contributed by atoms with Crippen molar-refractivity contribution in [2.24, 2.45) is 0 Å². The summed E-state index contributed by atoms with van der Waals surface area (Å²) in [6, 6.07) is 14.3. The number of halogens is 1. The van der Waals surface area contributed by atoms with Crippen LogP contribution >= 0.6 is 11.6 Å². The van der Waals surface area contributed by atoms with Crippen LogP contribution in [-0.4, -0.2) is 28.0 Å². The summed E-state index contributed by atoms with van der Waals surface area (Å²) in [5.41, 5.74) is 2.77. The van der Waals surface area contributed by atoms with Crippen LogP contribution in [0.5, 0.6) is 5.75 Å². The average Bonchev–Trinajstić information content (AvgIpc) is 3.02. The number of carboxylic acid groups (broad SMARTS) is 1. The van der Waals surface area contributed by atoms with Crippen molar-refractivity contribution in [2.45, 2.75) is 13.3 Å². The van der Waals surface area contributed by atoms with Crippen LogP contribution in [0.3, 0.4) is 0 Å². The van der Waals surface area contributed by atoms with E-state index in [1.165, 1.54) is 0 Å². The molecule has 1 heterocycles. The molecular weight excluding hydrogens is 340 g/mol. The van der Waals surface area contributed by atoms with Crippen molar-refractivity contribution in [3.63, 3.8) is 0 Å². The fourth-order valence-corrected chi connectivity index (χ4v) is 2.88. The van der Waals surface area contributed by atoms with E-state index in [4.69, 9.17) is 16.3 Å². The van der Waals surface area contributed by atoms with Crippen LogP contribution in [0.4, 0.5) is 0 Å². The summed E-state index contributed by atoms with van der Waals surface area (Å²) in [4.78, 5) is 11.9. The van der Waals surface area contributed by atoms with E-state index in [9.17, 15) is 9.90 Å². The van der Waals surface area contributed by atoms with Crippen molar-refractivity contribution in [3.8, 4) is 22.7 Å². The summed E-state index contributed by atoms with van der Waals surface area (Å²) in [5, 5.41) is 14.9. The molecule has 0 saturated carbocycles. The summed E-state index contributed by atoms with van der Waals surface area (Å²) in [5.74, 6) is -0.271. The number of carbonyl (C=O) groups is 1. The second-order valence-electron chi connectivity index (χ2n) is 5.45. The molecule has 3 aromatic rings. The maximum Gasteiger partial charge on any atom is 0.339 e. The number of aromatic nitrogens is 2. The zero-order valence-electron chi connectivity index (χ0n) is 13.9. The molecule has 6 heteroatoms. The normalized spacial score (nSPS) is 10.7. The first kappa shape index (κ1) is 17.0. The molecule has 0 unspecified atom stereocenters. The van der Waals surface area contributed by atoms with Crippen molar-refractivity contribution in [2.75, 3.05) is 7.11 Å².